The van der Waals surface area contributed by atoms with Crippen LogP contribution in [0.4, 0.5) is 10.1 Å². The molecule has 1 saturated carbocycles. The van der Waals surface area contributed by atoms with E-state index in [-0.39, 0.29) is 16.5 Å². The number of nitrogens with two attached hydrogens (primary N) is 1. The molecule has 2 rings (SSSR count). The van der Waals surface area contributed by atoms with Crippen LogP contribution in [0.1, 0.15) is 19.3 Å². The van der Waals surface area contributed by atoms with Crippen LogP contribution >= 0.6 is 11.6 Å². The normalized spacial score (nSPS) is 17.7. The van der Waals surface area contributed by atoms with Gasteiger partial charge in [0.05, 0.1) is 0 Å². The van der Waals surface area contributed by atoms with Gasteiger partial charge in [0, 0.05) is 10.7 Å². The first-order chi connectivity index (χ1) is 8.98. The molecule has 1 fully saturated rings. The first-order valence-electron chi connectivity index (χ1n) is 5.73. The van der Waals surface area contributed by atoms with E-state index in [0.717, 1.165) is 18.6 Å². The van der Waals surface area contributed by atoms with Crippen molar-refractivity contribution in [3.8, 4) is 0 Å². The van der Waals surface area contributed by atoms with Crippen LogP contribution in [0.25, 0.3) is 0 Å². The number of nitrogens with one attached hydrogen (secondary N) is 1. The Balaban J connectivity index is 2.21. The van der Waals surface area contributed by atoms with Crippen LogP contribution in [0.2, 0.25) is 5.02 Å². The molecule has 0 atom stereocenters. The average Bonchev–Trinajstić information content (AvgIpc) is 2.25. The van der Waals surface area contributed by atoms with E-state index in [4.69, 9.17) is 22.5 Å². The fourth-order valence-electron chi connectivity index (χ4n) is 2.10. The largest absolute Gasteiger partial charge is 0.409 e. The van der Waals surface area contributed by atoms with E-state index >= 15 is 0 Å². The van der Waals surface area contributed by atoms with E-state index in [0.29, 0.717) is 12.8 Å². The minimum absolute atomic E-state index is 0.126. The van der Waals surface area contributed by atoms with Gasteiger partial charge in [-0.2, -0.15) is 0 Å². The Hall–Kier alpha value is -1.82. The Morgan fingerprint density at radius 2 is 2.16 bits per heavy atom. The van der Waals surface area contributed by atoms with Crippen molar-refractivity contribution in [1.29, 1.82) is 0 Å². The molecule has 0 heterocycles. The van der Waals surface area contributed by atoms with Crippen LogP contribution in [0.3, 0.4) is 0 Å². The van der Waals surface area contributed by atoms with Crippen molar-refractivity contribution in [2.24, 2.45) is 16.3 Å². The van der Waals surface area contributed by atoms with E-state index in [1.54, 1.807) is 0 Å². The van der Waals surface area contributed by atoms with Crippen LogP contribution in [0.15, 0.2) is 23.4 Å². The molecule has 0 radical (unpaired) electrons. The van der Waals surface area contributed by atoms with Crippen molar-refractivity contribution in [1.82, 2.24) is 0 Å². The molecule has 0 saturated heterocycles. The molecule has 4 N–H and O–H groups in total. The minimum atomic E-state index is -1.01. The number of carbonyl (C=O) groups excluding carboxylic acids is 1. The smallest absolute Gasteiger partial charge is 0.238 e. The predicted molar refractivity (Wildman–Crippen MR) is 69.7 cm³/mol. The number of anilines is 1. The molecule has 0 aromatic heterocycles. The van der Waals surface area contributed by atoms with Crippen molar-refractivity contribution in [3.63, 3.8) is 0 Å². The van der Waals surface area contributed by atoms with Crippen molar-refractivity contribution in [2.75, 3.05) is 5.32 Å². The summed E-state index contributed by atoms with van der Waals surface area (Å²) in [5.74, 6) is -1.09. The van der Waals surface area contributed by atoms with Crippen molar-refractivity contribution in [2.45, 2.75) is 19.3 Å². The molecular formula is C12H13ClFN3O2. The second kappa shape index (κ2) is 5.05. The van der Waals surface area contributed by atoms with Gasteiger partial charge in [-0.3, -0.25) is 4.79 Å². The van der Waals surface area contributed by atoms with Gasteiger partial charge in [0.2, 0.25) is 5.91 Å². The van der Waals surface area contributed by atoms with E-state index < -0.39 is 17.1 Å². The lowest BCUT2D eigenvalue weighted by Crippen LogP contribution is -2.51. The van der Waals surface area contributed by atoms with Crippen LogP contribution < -0.4 is 11.1 Å². The summed E-state index contributed by atoms with van der Waals surface area (Å²) in [4.78, 5) is 12.2. The van der Waals surface area contributed by atoms with Crippen LogP contribution in [0, 0.1) is 11.2 Å². The summed E-state index contributed by atoms with van der Waals surface area (Å²) in [6.45, 7) is 0. The fourth-order valence-corrected chi connectivity index (χ4v) is 2.32. The lowest BCUT2D eigenvalue weighted by Gasteiger charge is -2.38. The summed E-state index contributed by atoms with van der Waals surface area (Å²) in [5, 5.41) is 14.4. The molecular weight excluding hydrogens is 273 g/mol. The van der Waals surface area contributed by atoms with Gasteiger partial charge in [0.1, 0.15) is 11.2 Å². The molecule has 1 aromatic carbocycles. The van der Waals surface area contributed by atoms with E-state index in [2.05, 4.69) is 10.5 Å². The Morgan fingerprint density at radius 3 is 2.63 bits per heavy atom. The summed E-state index contributed by atoms with van der Waals surface area (Å²) in [7, 11) is 0. The fraction of sp³-hybridized carbons (Fsp3) is 0.333. The molecule has 5 nitrogen and oxygen atoms in total. The van der Waals surface area contributed by atoms with Crippen molar-refractivity contribution >= 4 is 29.0 Å². The first-order valence-corrected chi connectivity index (χ1v) is 6.11. The second-order valence-electron chi connectivity index (χ2n) is 4.53. The molecule has 1 aromatic rings. The molecule has 1 amide bonds. The highest BCUT2D eigenvalue weighted by Gasteiger charge is 2.48. The highest BCUT2D eigenvalue weighted by atomic mass is 35.5. The van der Waals surface area contributed by atoms with Gasteiger partial charge in [-0.15, -0.1) is 0 Å². The van der Waals surface area contributed by atoms with Gasteiger partial charge >= 0.3 is 0 Å². The third kappa shape index (κ3) is 2.49. The monoisotopic (exact) mass is 285 g/mol. The summed E-state index contributed by atoms with van der Waals surface area (Å²) in [6.07, 6.45) is 1.81. The van der Waals surface area contributed by atoms with Crippen LogP contribution in [-0.4, -0.2) is 17.0 Å². The number of halogens is 2. The number of carbonyl (C=O) groups is 1. The van der Waals surface area contributed by atoms with E-state index in [9.17, 15) is 9.18 Å². The maximum atomic E-state index is 13.2. The zero-order valence-electron chi connectivity index (χ0n) is 9.99. The summed E-state index contributed by atoms with van der Waals surface area (Å²) < 4.78 is 13.2. The molecule has 1 aliphatic carbocycles. The first kappa shape index (κ1) is 13.6. The number of amidine groups is 1. The van der Waals surface area contributed by atoms with Crippen LogP contribution in [0.5, 0.6) is 0 Å². The molecule has 0 spiro atoms. The number of rotatable bonds is 3. The zero-order chi connectivity index (χ0) is 14.0. The number of hydrogen-bond donors (Lipinski definition) is 3. The zero-order valence-corrected chi connectivity index (χ0v) is 10.7. The Kier molecular flexibility index (Phi) is 3.61. The van der Waals surface area contributed by atoms with Crippen LogP contribution in [-0.2, 0) is 4.79 Å². The molecule has 102 valence electrons. The Morgan fingerprint density at radius 1 is 1.47 bits per heavy atom. The van der Waals surface area contributed by atoms with Gasteiger partial charge in [-0.05, 0) is 31.0 Å². The summed E-state index contributed by atoms with van der Waals surface area (Å²) in [5.41, 5.74) is 4.80. The molecule has 0 aliphatic heterocycles. The SMILES string of the molecule is N/C(=N/O)C1(C(=O)Nc2cc(F)cc(Cl)c2)CCC1. The summed E-state index contributed by atoms with van der Waals surface area (Å²) in [6, 6.07) is 3.73. The number of amides is 1. The topological polar surface area (TPSA) is 87.7 Å². The minimum Gasteiger partial charge on any atom is -0.409 e. The molecule has 1 aliphatic rings. The third-order valence-electron chi connectivity index (χ3n) is 3.36. The van der Waals surface area contributed by atoms with Crippen molar-refractivity contribution < 1.29 is 14.4 Å². The molecule has 7 heteroatoms. The second-order valence-corrected chi connectivity index (χ2v) is 4.97. The highest BCUT2D eigenvalue weighted by Crippen LogP contribution is 2.42. The number of hydrogen-bond acceptors (Lipinski definition) is 3. The average molecular weight is 286 g/mol. The Bertz CT molecular complexity index is 524. The highest BCUT2D eigenvalue weighted by molar-refractivity contribution is 6.31. The van der Waals surface area contributed by atoms with Gasteiger partial charge < -0.3 is 16.3 Å². The van der Waals surface area contributed by atoms with Gasteiger partial charge in [0.25, 0.3) is 0 Å². The van der Waals surface area contributed by atoms with Gasteiger partial charge in [-0.1, -0.05) is 23.2 Å². The van der Waals surface area contributed by atoms with Crippen molar-refractivity contribution in [3.05, 3.63) is 29.0 Å². The summed E-state index contributed by atoms with van der Waals surface area (Å²) >= 11 is 5.71. The number of nitrogens with zero attached hydrogens (tertiary/aromatic N) is 1. The predicted octanol–water partition coefficient (Wildman–Crippen LogP) is 2.33. The maximum Gasteiger partial charge on any atom is 0.238 e. The molecule has 0 unspecified atom stereocenters. The molecule has 19 heavy (non-hydrogen) atoms. The molecule has 0 bridgehead atoms. The quantitative estimate of drug-likeness (QED) is 0.345. The maximum absolute atomic E-state index is 13.2. The number of oxime groups is 1. The number of benzene rings is 1. The van der Waals surface area contributed by atoms with Gasteiger partial charge in [0.15, 0.2) is 5.84 Å². The van der Waals surface area contributed by atoms with E-state index in [1.165, 1.54) is 6.07 Å². The lowest BCUT2D eigenvalue weighted by atomic mass is 9.67. The third-order valence-corrected chi connectivity index (χ3v) is 3.58. The standard InChI is InChI=1S/C12H13ClFN3O2/c13-7-4-8(14)6-9(5-7)16-11(18)12(2-1-3-12)10(15)17-19/h4-6,19H,1-3H2,(H2,15,17)(H,16,18). The Labute approximate surface area is 114 Å². The van der Waals surface area contributed by atoms with Gasteiger partial charge in [-0.25, -0.2) is 4.39 Å². The van der Waals surface area contributed by atoms with E-state index in [1.807, 2.05) is 0 Å². The lowest BCUT2D eigenvalue weighted by molar-refractivity contribution is -0.125.